The Morgan fingerprint density at radius 2 is 1.79 bits per heavy atom. The first-order valence-corrected chi connectivity index (χ1v) is 14.0. The SMILES string of the molecule is C[C@H](CO)N1C(=O)[C@@H]2[C@H](C(=O)NCc3ccccc3)[C@@H]3CCC2(S3)C1C(=O)Nc1ccc2ccccc2c1. The third-order valence-corrected chi connectivity index (χ3v) is 10.3. The van der Waals surface area contributed by atoms with Crippen LogP contribution < -0.4 is 10.6 Å². The first kappa shape index (κ1) is 24.9. The fourth-order valence-electron chi connectivity index (χ4n) is 6.63. The average Bonchev–Trinajstić information content (AvgIpc) is 3.59. The van der Waals surface area contributed by atoms with E-state index in [0.717, 1.165) is 22.8 Å². The number of carbonyl (C=O) groups excluding carboxylic acids is 3. The van der Waals surface area contributed by atoms with Crippen molar-refractivity contribution in [2.75, 3.05) is 11.9 Å². The van der Waals surface area contributed by atoms with Gasteiger partial charge >= 0.3 is 0 Å². The highest BCUT2D eigenvalue weighted by Gasteiger charge is 2.74. The van der Waals surface area contributed by atoms with Crippen molar-refractivity contribution in [2.24, 2.45) is 11.8 Å². The third kappa shape index (κ3) is 3.98. The molecule has 0 aliphatic carbocycles. The molecule has 1 spiro atoms. The minimum atomic E-state index is -0.768. The summed E-state index contributed by atoms with van der Waals surface area (Å²) < 4.78 is -0.694. The lowest BCUT2D eigenvalue weighted by molar-refractivity contribution is -0.141. The predicted molar refractivity (Wildman–Crippen MR) is 148 cm³/mol. The molecule has 7 nitrogen and oxygen atoms in total. The van der Waals surface area contributed by atoms with Crippen LogP contribution in [0.2, 0.25) is 0 Å². The number of benzene rings is 3. The van der Waals surface area contributed by atoms with Crippen molar-refractivity contribution in [3.63, 3.8) is 0 Å². The number of fused-ring (bicyclic) bond motifs is 2. The number of thioether (sulfide) groups is 1. The summed E-state index contributed by atoms with van der Waals surface area (Å²) in [6.07, 6.45) is 1.46. The van der Waals surface area contributed by atoms with Crippen molar-refractivity contribution in [2.45, 2.75) is 48.4 Å². The van der Waals surface area contributed by atoms with Crippen LogP contribution in [0.5, 0.6) is 0 Å². The van der Waals surface area contributed by atoms with Crippen molar-refractivity contribution >= 4 is 45.9 Å². The number of nitrogens with one attached hydrogen (secondary N) is 2. The molecule has 3 aliphatic heterocycles. The van der Waals surface area contributed by atoms with E-state index in [1.54, 1.807) is 23.6 Å². The van der Waals surface area contributed by atoms with Crippen LogP contribution in [0.25, 0.3) is 10.8 Å². The van der Waals surface area contributed by atoms with Crippen LogP contribution in [0.15, 0.2) is 72.8 Å². The summed E-state index contributed by atoms with van der Waals surface area (Å²) in [6, 6.07) is 22.1. The molecule has 3 amide bonds. The number of aliphatic hydroxyl groups excluding tert-OH is 1. The normalized spacial score (nSPS) is 28.4. The molecule has 8 heteroatoms. The van der Waals surface area contributed by atoms with Crippen LogP contribution >= 0.6 is 11.8 Å². The van der Waals surface area contributed by atoms with Gasteiger partial charge in [0.1, 0.15) is 6.04 Å². The van der Waals surface area contributed by atoms with Gasteiger partial charge in [0.05, 0.1) is 29.2 Å². The fourth-order valence-corrected chi connectivity index (χ4v) is 8.84. The second-order valence-corrected chi connectivity index (χ2v) is 12.2. The Bertz CT molecular complexity index is 1400. The van der Waals surface area contributed by atoms with Gasteiger partial charge in [-0.1, -0.05) is 60.7 Å². The van der Waals surface area contributed by atoms with Crippen LogP contribution in [0, 0.1) is 11.8 Å². The molecule has 3 saturated heterocycles. The molecule has 6 rings (SSSR count). The van der Waals surface area contributed by atoms with Gasteiger partial charge in [-0.15, -0.1) is 11.8 Å². The standard InChI is InChI=1S/C30H31N3O4S/c1-18(17-34)33-26(28(36)32-22-12-11-20-9-5-6-10-21(20)15-22)30-14-13-23(38-30)24(25(30)29(33)37)27(35)31-16-19-7-3-2-4-8-19/h2-12,15,18,23-26,34H,13-14,16-17H2,1H3,(H,31,35)(H,32,36)/t18-,23+,24-,25+,26?,30?/m1/s1. The molecule has 0 saturated carbocycles. The minimum Gasteiger partial charge on any atom is -0.394 e. The number of nitrogens with zero attached hydrogens (tertiary/aromatic N) is 1. The Morgan fingerprint density at radius 3 is 2.55 bits per heavy atom. The van der Waals surface area contributed by atoms with Gasteiger partial charge in [0.15, 0.2) is 0 Å². The fraction of sp³-hybridized carbons (Fsp3) is 0.367. The third-order valence-electron chi connectivity index (χ3n) is 8.35. The Hall–Kier alpha value is -3.36. The molecule has 3 aromatic rings. The number of carbonyl (C=O) groups is 3. The van der Waals surface area contributed by atoms with E-state index in [9.17, 15) is 19.5 Å². The summed E-state index contributed by atoms with van der Waals surface area (Å²) in [5.41, 5.74) is 1.65. The topological polar surface area (TPSA) is 98.7 Å². The quantitative estimate of drug-likeness (QED) is 0.435. The number of hydrogen-bond donors (Lipinski definition) is 3. The smallest absolute Gasteiger partial charge is 0.248 e. The van der Waals surface area contributed by atoms with E-state index in [2.05, 4.69) is 10.6 Å². The predicted octanol–water partition coefficient (Wildman–Crippen LogP) is 3.57. The zero-order valence-electron chi connectivity index (χ0n) is 21.2. The van der Waals surface area contributed by atoms with E-state index in [1.165, 1.54) is 0 Å². The lowest BCUT2D eigenvalue weighted by Crippen LogP contribution is -2.54. The largest absolute Gasteiger partial charge is 0.394 e. The van der Waals surface area contributed by atoms with Crippen LogP contribution in [0.1, 0.15) is 25.3 Å². The monoisotopic (exact) mass is 529 g/mol. The van der Waals surface area contributed by atoms with Gasteiger partial charge < -0.3 is 20.6 Å². The Morgan fingerprint density at radius 1 is 1.05 bits per heavy atom. The summed E-state index contributed by atoms with van der Waals surface area (Å²) >= 11 is 1.63. The summed E-state index contributed by atoms with van der Waals surface area (Å²) in [4.78, 5) is 42.9. The highest BCUT2D eigenvalue weighted by atomic mass is 32.2. The molecular formula is C30H31N3O4S. The van der Waals surface area contributed by atoms with E-state index in [4.69, 9.17) is 0 Å². The highest BCUT2D eigenvalue weighted by molar-refractivity contribution is 8.02. The summed E-state index contributed by atoms with van der Waals surface area (Å²) in [6.45, 7) is 1.89. The van der Waals surface area contributed by atoms with Crippen LogP contribution in [0.3, 0.4) is 0 Å². The molecule has 0 radical (unpaired) electrons. The van der Waals surface area contributed by atoms with Gasteiger partial charge in [-0.25, -0.2) is 0 Å². The van der Waals surface area contributed by atoms with Gasteiger partial charge in [-0.05, 0) is 48.2 Å². The number of hydrogen-bond acceptors (Lipinski definition) is 5. The Labute approximate surface area is 226 Å². The van der Waals surface area contributed by atoms with Gasteiger partial charge in [0, 0.05) is 17.5 Å². The molecule has 6 atom stereocenters. The molecule has 3 aromatic carbocycles. The molecule has 3 heterocycles. The molecule has 3 aliphatic rings. The lowest BCUT2D eigenvalue weighted by atomic mass is 9.70. The van der Waals surface area contributed by atoms with Crippen molar-refractivity contribution in [1.29, 1.82) is 0 Å². The lowest BCUT2D eigenvalue weighted by Gasteiger charge is -2.36. The van der Waals surface area contributed by atoms with Gasteiger partial charge in [-0.3, -0.25) is 14.4 Å². The van der Waals surface area contributed by atoms with Crippen LogP contribution in [0.4, 0.5) is 5.69 Å². The molecular weight excluding hydrogens is 498 g/mol. The molecule has 2 bridgehead atoms. The number of likely N-dealkylation sites (tertiary alicyclic amines) is 1. The van der Waals surface area contributed by atoms with Gasteiger partial charge in [0.25, 0.3) is 0 Å². The van der Waals surface area contributed by atoms with E-state index in [1.807, 2.05) is 72.8 Å². The molecule has 0 aromatic heterocycles. The molecule has 3 N–H and O–H groups in total. The van der Waals surface area contributed by atoms with Crippen LogP contribution in [-0.2, 0) is 20.9 Å². The Kier molecular flexibility index (Phi) is 6.40. The maximum Gasteiger partial charge on any atom is 0.248 e. The van der Waals surface area contributed by atoms with Crippen molar-refractivity contribution in [1.82, 2.24) is 10.2 Å². The second-order valence-electron chi connectivity index (χ2n) is 10.6. The van der Waals surface area contributed by atoms with E-state index >= 15 is 0 Å². The van der Waals surface area contributed by atoms with Crippen molar-refractivity contribution < 1.29 is 19.5 Å². The molecule has 38 heavy (non-hydrogen) atoms. The van der Waals surface area contributed by atoms with Gasteiger partial charge in [-0.2, -0.15) is 0 Å². The maximum absolute atomic E-state index is 13.9. The molecule has 2 unspecified atom stereocenters. The van der Waals surface area contributed by atoms with Crippen LogP contribution in [-0.4, -0.2) is 56.4 Å². The minimum absolute atomic E-state index is 0.0118. The van der Waals surface area contributed by atoms with E-state index in [-0.39, 0.29) is 29.6 Å². The number of amides is 3. The highest BCUT2D eigenvalue weighted by Crippen LogP contribution is 2.66. The second kappa shape index (κ2) is 9.75. The number of aliphatic hydroxyl groups is 1. The number of rotatable bonds is 7. The van der Waals surface area contributed by atoms with Crippen molar-refractivity contribution in [3.8, 4) is 0 Å². The zero-order valence-corrected chi connectivity index (χ0v) is 22.0. The van der Waals surface area contributed by atoms with Crippen molar-refractivity contribution in [3.05, 3.63) is 78.4 Å². The van der Waals surface area contributed by atoms with Gasteiger partial charge in [0.2, 0.25) is 17.7 Å². The first-order valence-electron chi connectivity index (χ1n) is 13.1. The first-order chi connectivity index (χ1) is 18.4. The van der Waals surface area contributed by atoms with E-state index in [0.29, 0.717) is 18.7 Å². The molecule has 3 fully saturated rings. The summed E-state index contributed by atoms with van der Waals surface area (Å²) in [5.74, 6) is -1.71. The molecule has 196 valence electrons. The maximum atomic E-state index is 13.9. The summed E-state index contributed by atoms with van der Waals surface area (Å²) in [5, 5.41) is 18.2. The zero-order chi connectivity index (χ0) is 26.4. The van der Waals surface area contributed by atoms with E-state index < -0.39 is 28.7 Å². The number of anilines is 1. The average molecular weight is 530 g/mol. The summed E-state index contributed by atoms with van der Waals surface area (Å²) in [7, 11) is 0. The Balaban J connectivity index is 1.29.